The summed E-state index contributed by atoms with van der Waals surface area (Å²) in [6.45, 7) is 0.310. The van der Waals surface area contributed by atoms with Gasteiger partial charge in [-0.2, -0.15) is 13.2 Å². The molecule has 3 aliphatic rings. The maximum Gasteiger partial charge on any atom is 0.416 e. The normalized spacial score (nSPS) is 24.7. The molecule has 0 radical (unpaired) electrons. The number of phenolic OH excluding ortho intramolecular Hbond substituents is 1. The highest BCUT2D eigenvalue weighted by atomic mass is 19.4. The van der Waals surface area contributed by atoms with E-state index in [9.17, 15) is 23.4 Å². The summed E-state index contributed by atoms with van der Waals surface area (Å²) in [5.74, 6) is 0.0474. The van der Waals surface area contributed by atoms with Crippen molar-refractivity contribution in [2.24, 2.45) is 0 Å². The molecule has 2 aliphatic carbocycles. The second-order valence-electron chi connectivity index (χ2n) is 8.48. The lowest BCUT2D eigenvalue weighted by Gasteiger charge is -2.29. The first-order valence-corrected chi connectivity index (χ1v) is 10.1. The summed E-state index contributed by atoms with van der Waals surface area (Å²) in [5.41, 5.74) is 1.05. The Morgan fingerprint density at radius 1 is 1.13 bits per heavy atom. The van der Waals surface area contributed by atoms with E-state index >= 15 is 0 Å². The molecule has 2 fully saturated rings. The summed E-state index contributed by atoms with van der Waals surface area (Å²) in [4.78, 5) is 0. The molecular weight excluding hydrogens is 399 g/mol. The largest absolute Gasteiger partial charge is 0.507 e. The van der Waals surface area contributed by atoms with Crippen molar-refractivity contribution in [1.82, 2.24) is 10.2 Å². The van der Waals surface area contributed by atoms with Crippen LogP contribution in [0.2, 0.25) is 0 Å². The Hall–Kier alpha value is -2.39. The van der Waals surface area contributed by atoms with E-state index in [2.05, 4.69) is 15.5 Å². The Labute approximate surface area is 171 Å². The molecule has 1 aliphatic heterocycles. The van der Waals surface area contributed by atoms with Crippen LogP contribution >= 0.6 is 0 Å². The summed E-state index contributed by atoms with van der Waals surface area (Å²) in [6.07, 6.45) is -0.132. The molecule has 6 nitrogen and oxygen atoms in total. The van der Waals surface area contributed by atoms with Crippen molar-refractivity contribution in [3.05, 3.63) is 34.9 Å². The number of ether oxygens (including phenoxy) is 1. The minimum absolute atomic E-state index is 0.120. The van der Waals surface area contributed by atoms with Gasteiger partial charge in [-0.1, -0.05) is 0 Å². The minimum atomic E-state index is -4.54. The van der Waals surface area contributed by atoms with Gasteiger partial charge in [0.05, 0.1) is 29.9 Å². The van der Waals surface area contributed by atoms with Crippen LogP contribution in [0.25, 0.3) is 11.3 Å². The van der Waals surface area contributed by atoms with Crippen LogP contribution in [0.5, 0.6) is 5.75 Å². The summed E-state index contributed by atoms with van der Waals surface area (Å²) >= 11 is 0. The van der Waals surface area contributed by atoms with Crippen LogP contribution in [-0.2, 0) is 23.9 Å². The number of aromatic hydroxyl groups is 1. The van der Waals surface area contributed by atoms with Gasteiger partial charge in [0.2, 0.25) is 0 Å². The highest BCUT2D eigenvalue weighted by Gasteiger charge is 2.48. The number of alkyl halides is 3. The molecule has 0 unspecified atom stereocenters. The highest BCUT2D eigenvalue weighted by molar-refractivity contribution is 5.73. The van der Waals surface area contributed by atoms with E-state index in [4.69, 9.17) is 4.74 Å². The highest BCUT2D eigenvalue weighted by Crippen LogP contribution is 2.49. The predicted octanol–water partition coefficient (Wildman–Crippen LogP) is 3.80. The van der Waals surface area contributed by atoms with Crippen molar-refractivity contribution in [3.8, 4) is 17.0 Å². The van der Waals surface area contributed by atoms with E-state index in [0.717, 1.165) is 55.4 Å². The first-order valence-electron chi connectivity index (χ1n) is 10.1. The summed E-state index contributed by atoms with van der Waals surface area (Å²) in [6, 6.07) is 2.78. The number of anilines is 1. The number of aliphatic hydroxyl groups excluding tert-OH is 1. The first kappa shape index (κ1) is 19.6. The molecule has 5 rings (SSSR count). The van der Waals surface area contributed by atoms with Gasteiger partial charge in [0, 0.05) is 17.5 Å². The molecule has 1 aromatic carbocycles. The van der Waals surface area contributed by atoms with Gasteiger partial charge in [-0.25, -0.2) is 0 Å². The quantitative estimate of drug-likeness (QED) is 0.699. The van der Waals surface area contributed by atoms with Crippen LogP contribution < -0.4 is 5.32 Å². The fraction of sp³-hybridized carbons (Fsp3) is 0.524. The lowest BCUT2D eigenvalue weighted by molar-refractivity contribution is -0.137. The smallest absolute Gasteiger partial charge is 0.416 e. The molecule has 1 spiro atoms. The molecular formula is C21H22F3N3O3. The predicted molar refractivity (Wildman–Crippen MR) is 102 cm³/mol. The lowest BCUT2D eigenvalue weighted by Crippen LogP contribution is -2.31. The number of halogens is 3. The molecule has 160 valence electrons. The second kappa shape index (κ2) is 6.81. The average molecular weight is 421 g/mol. The van der Waals surface area contributed by atoms with Gasteiger partial charge in [0.25, 0.3) is 0 Å². The Kier molecular flexibility index (Phi) is 4.44. The van der Waals surface area contributed by atoms with E-state index in [-0.39, 0.29) is 17.2 Å². The maximum atomic E-state index is 13.0. The monoisotopic (exact) mass is 421 g/mol. The third-order valence-electron chi connectivity index (χ3n) is 6.40. The van der Waals surface area contributed by atoms with Crippen molar-refractivity contribution in [1.29, 1.82) is 0 Å². The number of aromatic nitrogens is 2. The summed E-state index contributed by atoms with van der Waals surface area (Å²) in [5, 5.41) is 32.3. The van der Waals surface area contributed by atoms with Gasteiger partial charge in [-0.15, -0.1) is 10.2 Å². The van der Waals surface area contributed by atoms with Gasteiger partial charge >= 0.3 is 6.18 Å². The molecule has 0 amide bonds. The molecule has 30 heavy (non-hydrogen) atoms. The minimum Gasteiger partial charge on any atom is -0.507 e. The number of benzene rings is 1. The van der Waals surface area contributed by atoms with Crippen LogP contribution in [0.1, 0.15) is 48.8 Å². The molecule has 2 heterocycles. The van der Waals surface area contributed by atoms with Crippen molar-refractivity contribution >= 4 is 5.82 Å². The van der Waals surface area contributed by atoms with Crippen LogP contribution in [0.4, 0.5) is 19.0 Å². The standard InChI is InChI=1S/C21H22F3N3O3/c22-21(23,24)11-4-5-12(17(29)8-11)18-13-9-20(6-7-20)30-10-14(13)19(27-26-18)25-15-2-1-3-16(15)28/h4-5,8,15-16,28-29H,1-3,6-7,9-10H2,(H,25,27)/t15-,16-/m1/s1. The summed E-state index contributed by atoms with van der Waals surface area (Å²) < 4.78 is 45.0. The van der Waals surface area contributed by atoms with Gasteiger partial charge in [0.15, 0.2) is 5.82 Å². The Morgan fingerprint density at radius 3 is 2.57 bits per heavy atom. The molecule has 9 heteroatoms. The van der Waals surface area contributed by atoms with Gasteiger partial charge in [-0.05, 0) is 55.9 Å². The van der Waals surface area contributed by atoms with Crippen molar-refractivity contribution < 1.29 is 28.1 Å². The van der Waals surface area contributed by atoms with Crippen LogP contribution in [0.15, 0.2) is 18.2 Å². The zero-order valence-electron chi connectivity index (χ0n) is 16.2. The third kappa shape index (κ3) is 3.39. The SMILES string of the molecule is Oc1cc(C(F)(F)F)ccc1-c1nnc(N[C@@H]2CCC[C@H]2O)c2c1CC1(CC1)OC2. The fourth-order valence-corrected chi connectivity index (χ4v) is 4.44. The van der Waals surface area contributed by atoms with Crippen LogP contribution in [0.3, 0.4) is 0 Å². The number of phenols is 1. The molecule has 2 aromatic rings. The Morgan fingerprint density at radius 2 is 1.93 bits per heavy atom. The van der Waals surface area contributed by atoms with E-state index in [1.807, 2.05) is 0 Å². The van der Waals surface area contributed by atoms with Gasteiger partial charge in [-0.3, -0.25) is 0 Å². The lowest BCUT2D eigenvalue weighted by atomic mass is 9.93. The summed E-state index contributed by atoms with van der Waals surface area (Å²) in [7, 11) is 0. The van der Waals surface area contributed by atoms with Crippen LogP contribution in [-0.4, -0.2) is 38.2 Å². The number of rotatable bonds is 3. The second-order valence-corrected chi connectivity index (χ2v) is 8.48. The molecule has 0 bridgehead atoms. The third-order valence-corrected chi connectivity index (χ3v) is 6.40. The van der Waals surface area contributed by atoms with E-state index in [0.29, 0.717) is 24.5 Å². The zero-order valence-corrected chi connectivity index (χ0v) is 16.2. The topological polar surface area (TPSA) is 87.5 Å². The number of aliphatic hydroxyl groups is 1. The van der Waals surface area contributed by atoms with Gasteiger partial charge < -0.3 is 20.3 Å². The van der Waals surface area contributed by atoms with Gasteiger partial charge in [0.1, 0.15) is 11.4 Å². The molecule has 2 saturated carbocycles. The number of hydrogen-bond acceptors (Lipinski definition) is 6. The fourth-order valence-electron chi connectivity index (χ4n) is 4.44. The maximum absolute atomic E-state index is 13.0. The zero-order chi connectivity index (χ0) is 21.1. The Bertz CT molecular complexity index is 991. The number of fused-ring (bicyclic) bond motifs is 1. The molecule has 3 N–H and O–H groups in total. The van der Waals surface area contributed by atoms with Crippen molar-refractivity contribution in [2.75, 3.05) is 5.32 Å². The van der Waals surface area contributed by atoms with E-state index in [1.165, 1.54) is 6.07 Å². The number of nitrogens with zero attached hydrogens (tertiary/aromatic N) is 2. The van der Waals surface area contributed by atoms with Crippen LogP contribution in [0, 0.1) is 0 Å². The first-order chi connectivity index (χ1) is 14.3. The molecule has 2 atom stereocenters. The van der Waals surface area contributed by atoms with E-state index in [1.54, 1.807) is 0 Å². The molecule has 0 saturated heterocycles. The number of hydrogen-bond donors (Lipinski definition) is 3. The number of nitrogens with one attached hydrogen (secondary N) is 1. The van der Waals surface area contributed by atoms with Crippen molar-refractivity contribution in [2.45, 2.75) is 69.1 Å². The molecule has 1 aromatic heterocycles. The Balaban J connectivity index is 1.56. The van der Waals surface area contributed by atoms with Crippen molar-refractivity contribution in [3.63, 3.8) is 0 Å². The average Bonchev–Trinajstić information content (AvgIpc) is 3.32. The van der Waals surface area contributed by atoms with E-state index < -0.39 is 23.6 Å².